The van der Waals surface area contributed by atoms with Gasteiger partial charge in [0.1, 0.15) is 119 Å². The Hall–Kier alpha value is -9.59. The first-order valence-electron chi connectivity index (χ1n) is 42.5. The molecule has 0 spiro atoms. The predicted molar refractivity (Wildman–Crippen MR) is 522 cm³/mol. The summed E-state index contributed by atoms with van der Waals surface area (Å²) in [7, 11) is -3.80. The maximum atomic E-state index is 14.5. The molecule has 9 heterocycles. The van der Waals surface area contributed by atoms with Crippen molar-refractivity contribution in [1.29, 1.82) is 0 Å². The van der Waals surface area contributed by atoms with Gasteiger partial charge >= 0.3 is 11.9 Å². The SMILES string of the molecule is CC(=N[S@](=O)C(C)(C)C)c1ccc(F)c2c1OC(C)(CI)C2.CCOC(=O)c1cnn2ccc(Cl)nc12.CCOC(=O)c1cnn2ccc(N[C@H](C)c3ccc(F)c4c3OC(C)(CN=[N+]=[N-])C4)nc12.C[C@@H](N)c1ccc(F)c2c1OC(C)(CN=[N+]=[N-])C2.C[C@@H](N[S@](=O)C(C)(C)C)c1ccc(F)c2c1OC(C)(CI)C2.C[C@@H](N[S@](=O)C(C)(C)C)c1ccc(F)c2c1OC(C)(CN=[N+]=[N-])C2. The molecule has 4 aromatic heterocycles. The third-order valence-electron chi connectivity index (χ3n) is 21.4. The second kappa shape index (κ2) is 44.5. The van der Waals surface area contributed by atoms with Gasteiger partial charge in [-0.15, -0.1) is 0 Å². The first kappa shape index (κ1) is 107. The summed E-state index contributed by atoms with van der Waals surface area (Å²) in [4.78, 5) is 40.4. The molecular weight excluding hydrogens is 2030 g/mol. The number of hydrogen-bond acceptors (Lipinski definition) is 21. The molecule has 0 fully saturated rings. The van der Waals surface area contributed by atoms with Crippen molar-refractivity contribution in [1.82, 2.24) is 38.6 Å². The number of nitrogens with one attached hydrogen (secondary N) is 3. The molecule has 5 N–H and O–H groups in total. The highest BCUT2D eigenvalue weighted by atomic mass is 127. The van der Waals surface area contributed by atoms with Crippen LogP contribution in [0.2, 0.25) is 5.15 Å². The number of carbonyl (C=O) groups excluding carboxylic acids is 2. The lowest BCUT2D eigenvalue weighted by Gasteiger charge is -2.25. The van der Waals surface area contributed by atoms with Crippen molar-refractivity contribution in [3.8, 4) is 28.7 Å². The summed E-state index contributed by atoms with van der Waals surface area (Å²) in [5, 5.41) is 22.3. The third-order valence-corrected chi connectivity index (χ3v) is 29.7. The lowest BCUT2D eigenvalue weighted by atomic mass is 9.97. The number of azide groups is 3. The highest BCUT2D eigenvalue weighted by Gasteiger charge is 2.44. The second-order valence-electron chi connectivity index (χ2n) is 36.5. The number of ether oxygens (including phenoxy) is 7. The molecule has 0 amide bonds. The van der Waals surface area contributed by atoms with Gasteiger partial charge in [-0.25, -0.2) is 72.6 Å². The summed E-state index contributed by atoms with van der Waals surface area (Å²) < 4.78 is 161. The van der Waals surface area contributed by atoms with E-state index in [9.17, 15) is 44.2 Å². The van der Waals surface area contributed by atoms with Gasteiger partial charge in [0.25, 0.3) is 0 Å². The lowest BCUT2D eigenvalue weighted by Crippen LogP contribution is -2.35. The Balaban J connectivity index is 0.000000182. The molecule has 5 aliphatic rings. The molecule has 5 aromatic carbocycles. The summed E-state index contributed by atoms with van der Waals surface area (Å²) in [6.07, 6.45) is 8.27. The molecule has 0 saturated carbocycles. The Kier molecular flexibility index (Phi) is 35.8. The topological polar surface area (TPSA) is 431 Å². The van der Waals surface area contributed by atoms with Gasteiger partial charge in [0.05, 0.1) is 93.2 Å². The van der Waals surface area contributed by atoms with Crippen molar-refractivity contribution in [3.05, 3.63) is 230 Å². The van der Waals surface area contributed by atoms with Crippen molar-refractivity contribution in [2.75, 3.05) is 47.0 Å². The number of alkyl halides is 2. The Morgan fingerprint density at radius 3 is 1.20 bits per heavy atom. The quantitative estimate of drug-likeness (QED) is 0.00502. The Labute approximate surface area is 809 Å². The van der Waals surface area contributed by atoms with Gasteiger partial charge in [-0.3, -0.25) is 0 Å². The number of anilines is 1. The summed E-state index contributed by atoms with van der Waals surface area (Å²) in [6, 6.07) is 17.8. The van der Waals surface area contributed by atoms with Gasteiger partial charge in [0.15, 0.2) is 11.3 Å². The number of hydrogen-bond donors (Lipinski definition) is 4. The Bertz CT molecular complexity index is 6090. The number of nitrogens with two attached hydrogens (primary N) is 1. The van der Waals surface area contributed by atoms with E-state index < -0.39 is 76.8 Å². The van der Waals surface area contributed by atoms with Crippen LogP contribution in [0.15, 0.2) is 117 Å². The number of rotatable bonds is 24. The first-order valence-corrected chi connectivity index (χ1v) is 49.3. The first-order chi connectivity index (χ1) is 62.2. The molecule has 32 nitrogen and oxygen atoms in total. The van der Waals surface area contributed by atoms with Crippen molar-refractivity contribution >= 4 is 125 Å². The van der Waals surface area contributed by atoms with E-state index in [1.54, 1.807) is 96.4 Å². The smallest absolute Gasteiger partial charge is 0.343 e. The average Bonchev–Trinajstić information content (AvgIpc) is 1.64. The monoisotopic (exact) mass is 2140 g/mol. The van der Waals surface area contributed by atoms with Crippen molar-refractivity contribution in [2.24, 2.45) is 25.5 Å². The summed E-state index contributed by atoms with van der Waals surface area (Å²) in [5.74, 6) is 0.635. The van der Waals surface area contributed by atoms with Gasteiger partial charge < -0.3 is 44.2 Å². The van der Waals surface area contributed by atoms with E-state index in [-0.39, 0.29) is 95.4 Å². The fraction of sp³-hybridized carbons (Fsp3) is 0.500. The normalized spacial score (nSPS) is 20.4. The molecule has 0 bridgehead atoms. The van der Waals surface area contributed by atoms with Crippen LogP contribution in [0.5, 0.6) is 28.7 Å². The number of halogens is 8. The molecule has 718 valence electrons. The average molecular weight is 2150 g/mol. The van der Waals surface area contributed by atoms with E-state index in [0.717, 1.165) is 36.7 Å². The van der Waals surface area contributed by atoms with Crippen LogP contribution >= 0.6 is 56.8 Å². The van der Waals surface area contributed by atoms with E-state index in [4.69, 9.17) is 67.1 Å². The van der Waals surface area contributed by atoms with Crippen LogP contribution in [-0.4, -0.2) is 143 Å². The van der Waals surface area contributed by atoms with Crippen molar-refractivity contribution in [3.63, 3.8) is 0 Å². The van der Waals surface area contributed by atoms with Crippen LogP contribution in [0.1, 0.15) is 246 Å². The molecule has 0 radical (unpaired) electrons. The molecule has 0 aliphatic carbocycles. The highest BCUT2D eigenvalue weighted by Crippen LogP contribution is 2.48. The van der Waals surface area contributed by atoms with Crippen LogP contribution < -0.4 is 44.2 Å². The van der Waals surface area contributed by atoms with Crippen LogP contribution in [0.4, 0.5) is 27.8 Å². The zero-order chi connectivity index (χ0) is 98.6. The van der Waals surface area contributed by atoms with Gasteiger partial charge in [-0.1, -0.05) is 96.4 Å². The summed E-state index contributed by atoms with van der Waals surface area (Å²) >= 11 is 10.2. The van der Waals surface area contributed by atoms with Gasteiger partial charge in [0.2, 0.25) is 0 Å². The van der Waals surface area contributed by atoms with Gasteiger partial charge in [-0.05, 0) is 211 Å². The molecule has 43 heteroatoms. The molecule has 0 saturated heterocycles. The minimum atomic E-state index is -1.35. The number of aromatic nitrogens is 6. The second-order valence-corrected chi connectivity index (χ2v) is 44.4. The number of nitrogens with zero attached hydrogens (tertiary/aromatic N) is 16. The van der Waals surface area contributed by atoms with Gasteiger partial charge in [-0.2, -0.15) is 14.6 Å². The van der Waals surface area contributed by atoms with Crippen LogP contribution in [0.3, 0.4) is 0 Å². The maximum Gasteiger partial charge on any atom is 0.343 e. The molecule has 5 unspecified atom stereocenters. The lowest BCUT2D eigenvalue weighted by molar-refractivity contribution is 0.0518. The van der Waals surface area contributed by atoms with E-state index in [2.05, 4.69) is 115 Å². The molecule has 133 heavy (non-hydrogen) atoms. The van der Waals surface area contributed by atoms with E-state index in [1.165, 1.54) is 51.8 Å². The predicted octanol–water partition coefficient (Wildman–Crippen LogP) is 20.9. The number of fused-ring (bicyclic) bond motifs is 7. The van der Waals surface area contributed by atoms with Crippen molar-refractivity contribution in [2.45, 2.75) is 244 Å². The molecule has 12 atom stereocenters. The minimum absolute atomic E-state index is 0.0922. The minimum Gasteiger partial charge on any atom is -0.486 e. The largest absolute Gasteiger partial charge is 0.486 e. The maximum absolute atomic E-state index is 14.5. The zero-order valence-electron chi connectivity index (χ0n) is 77.9. The third kappa shape index (κ3) is 26.6. The number of esters is 2. The zero-order valence-corrected chi connectivity index (χ0v) is 85.4. The molecule has 14 rings (SSSR count). The molecule has 9 aromatic rings. The Morgan fingerprint density at radius 2 is 0.842 bits per heavy atom. The van der Waals surface area contributed by atoms with Gasteiger partial charge in [0, 0.05) is 142 Å². The summed E-state index contributed by atoms with van der Waals surface area (Å²) in [6.45, 7) is 40.1. The number of carbonyl (C=O) groups is 2. The standard InChI is InChI=1S/C21H22FN7O3.C16H23FINO2S.C16H21FINO2S.C16H23FN4O2S.C12H15FN4O.C9H8ClN3O2/c1-4-31-20(30)15-10-25-29-8-7-17(27-19(15)29)26-12(2)13-5-6-16(22)14-9-21(3,11-24-28-23)32-18(13)14;2*1-10(19-22(20)15(2,3)4)11-6-7-13(17)12-8-16(5,9-18)21-14(11)12;1-10(20-24(22)15(2,3)4)11-6-7-13(17)12-8-16(5,9-19-21-18)23-14(11)12;1-7(14)8-3-4-10(13)9-5-12(2,6-16-17-15)18-11(8)9;1-2-15-9(14)6-5-11-13-4-3-7(10)12-8(6)13/h5-8,10,12H,4,9,11H2,1-3H3,(H,26,27);6-7,10,19H,8-9H2,1-5H3;6-7H,8-9H2,1-5H3;6-7,10,20H,8-9H2,1-5H3;3-4,7H,5-6,14H2,1-2H3;3-5H,2H2,1H3/t12-,21?;10-,16?,22-;16?,22-;10-,16?,24-;7-,12?;/m11111./s1. The van der Waals surface area contributed by atoms with E-state index in [0.29, 0.717) is 129 Å². The van der Waals surface area contributed by atoms with Crippen LogP contribution in [0.25, 0.3) is 42.6 Å². The highest BCUT2D eigenvalue weighted by molar-refractivity contribution is 14.1. The fourth-order valence-corrected chi connectivity index (χ4v) is 17.5. The van der Waals surface area contributed by atoms with E-state index in [1.807, 2.05) is 104 Å². The Morgan fingerprint density at radius 1 is 0.511 bits per heavy atom. The fourth-order valence-electron chi connectivity index (χ4n) is 14.3. The molecular formula is C90H112ClF5I2N20O12S3. The number of benzene rings is 5. The summed E-state index contributed by atoms with van der Waals surface area (Å²) in [5.41, 5.74) is 36.8. The van der Waals surface area contributed by atoms with Crippen LogP contribution in [-0.2, 0) is 74.5 Å². The van der Waals surface area contributed by atoms with Crippen molar-refractivity contribution < 1.29 is 77.3 Å². The molecule has 5 aliphatic heterocycles. The van der Waals surface area contributed by atoms with E-state index >= 15 is 0 Å². The van der Waals surface area contributed by atoms with Crippen LogP contribution in [0, 0.1) is 29.1 Å².